The van der Waals surface area contributed by atoms with Gasteiger partial charge in [0.1, 0.15) is 11.6 Å². The van der Waals surface area contributed by atoms with Crippen molar-refractivity contribution < 1.29 is 17.2 Å². The van der Waals surface area contributed by atoms with Crippen LogP contribution in [0.4, 0.5) is 8.78 Å². The Morgan fingerprint density at radius 1 is 1.04 bits per heavy atom. The second-order valence-electron chi connectivity index (χ2n) is 5.08. The van der Waals surface area contributed by atoms with Gasteiger partial charge in [0, 0.05) is 17.1 Å². The number of sulfonamides is 1. The molecule has 0 bridgehead atoms. The summed E-state index contributed by atoms with van der Waals surface area (Å²) in [6, 6.07) is 10.1. The van der Waals surface area contributed by atoms with Crippen LogP contribution in [0.25, 0.3) is 0 Å². The van der Waals surface area contributed by atoms with Crippen LogP contribution in [0.1, 0.15) is 17.5 Å². The molecule has 124 valence electrons. The Kier molecular flexibility index (Phi) is 6.10. The first-order chi connectivity index (χ1) is 10.9. The van der Waals surface area contributed by atoms with E-state index in [0.717, 1.165) is 5.56 Å². The Morgan fingerprint density at radius 3 is 2.39 bits per heavy atom. The van der Waals surface area contributed by atoms with Crippen molar-refractivity contribution in [2.45, 2.75) is 18.6 Å². The molecule has 0 saturated carbocycles. The lowest BCUT2D eigenvalue weighted by Crippen LogP contribution is -2.27. The van der Waals surface area contributed by atoms with Gasteiger partial charge in [0.25, 0.3) is 0 Å². The molecule has 0 aliphatic heterocycles. The van der Waals surface area contributed by atoms with Crippen LogP contribution in [0, 0.1) is 11.6 Å². The number of hydrogen-bond donors (Lipinski definition) is 1. The molecule has 7 heteroatoms. The fourth-order valence-corrected chi connectivity index (χ4v) is 3.62. The third kappa shape index (κ3) is 5.57. The SMILES string of the molecule is O=S(=O)(Cc1c(F)cccc1Cl)NCCCc1ccc(F)cc1. The summed E-state index contributed by atoms with van der Waals surface area (Å²) in [7, 11) is -3.68. The van der Waals surface area contributed by atoms with Crippen molar-refractivity contribution in [3.8, 4) is 0 Å². The number of benzene rings is 2. The molecule has 23 heavy (non-hydrogen) atoms. The molecule has 0 atom stereocenters. The van der Waals surface area contributed by atoms with Gasteiger partial charge in [-0.25, -0.2) is 21.9 Å². The van der Waals surface area contributed by atoms with Crippen LogP contribution in [0.5, 0.6) is 0 Å². The maximum atomic E-state index is 13.6. The Hall–Kier alpha value is -1.50. The first kappa shape index (κ1) is 17.8. The van der Waals surface area contributed by atoms with Crippen molar-refractivity contribution in [2.75, 3.05) is 6.54 Å². The van der Waals surface area contributed by atoms with E-state index in [2.05, 4.69) is 4.72 Å². The molecule has 2 aromatic carbocycles. The smallest absolute Gasteiger partial charge is 0.215 e. The lowest BCUT2D eigenvalue weighted by Gasteiger charge is -2.09. The zero-order chi connectivity index (χ0) is 16.9. The summed E-state index contributed by atoms with van der Waals surface area (Å²) in [6.07, 6.45) is 1.17. The maximum Gasteiger partial charge on any atom is 0.215 e. The van der Waals surface area contributed by atoms with Gasteiger partial charge in [0.2, 0.25) is 10.0 Å². The maximum absolute atomic E-state index is 13.6. The van der Waals surface area contributed by atoms with Gasteiger partial charge >= 0.3 is 0 Å². The van der Waals surface area contributed by atoms with Crippen LogP contribution < -0.4 is 4.72 Å². The molecule has 2 rings (SSSR count). The highest BCUT2D eigenvalue weighted by Gasteiger charge is 2.16. The highest BCUT2D eigenvalue weighted by atomic mass is 35.5. The molecule has 0 aromatic heterocycles. The summed E-state index contributed by atoms with van der Waals surface area (Å²) >= 11 is 5.83. The van der Waals surface area contributed by atoms with E-state index in [0.29, 0.717) is 12.8 Å². The van der Waals surface area contributed by atoms with Crippen molar-refractivity contribution in [3.63, 3.8) is 0 Å². The lowest BCUT2D eigenvalue weighted by atomic mass is 10.1. The summed E-state index contributed by atoms with van der Waals surface area (Å²) in [5.74, 6) is -1.46. The van der Waals surface area contributed by atoms with Crippen LogP contribution in [-0.4, -0.2) is 15.0 Å². The van der Waals surface area contributed by atoms with Crippen LogP contribution in [0.15, 0.2) is 42.5 Å². The van der Waals surface area contributed by atoms with E-state index in [1.807, 2.05) is 0 Å². The average molecular weight is 360 g/mol. The zero-order valence-electron chi connectivity index (χ0n) is 12.2. The molecule has 0 radical (unpaired) electrons. The molecule has 0 heterocycles. The lowest BCUT2D eigenvalue weighted by molar-refractivity contribution is 0.572. The minimum absolute atomic E-state index is 0.0415. The first-order valence-corrected chi connectivity index (χ1v) is 9.05. The van der Waals surface area contributed by atoms with Gasteiger partial charge in [-0.3, -0.25) is 0 Å². The summed E-state index contributed by atoms with van der Waals surface area (Å²) in [4.78, 5) is 0. The highest BCUT2D eigenvalue weighted by molar-refractivity contribution is 7.88. The molecular formula is C16H16ClF2NO2S. The molecule has 0 amide bonds. The summed E-state index contributed by atoms with van der Waals surface area (Å²) in [5, 5.41) is 0.0849. The molecule has 0 fully saturated rings. The normalized spacial score (nSPS) is 11.6. The second-order valence-corrected chi connectivity index (χ2v) is 7.30. The van der Waals surface area contributed by atoms with Gasteiger partial charge in [-0.05, 0) is 42.7 Å². The van der Waals surface area contributed by atoms with Crippen molar-refractivity contribution in [1.82, 2.24) is 4.72 Å². The van der Waals surface area contributed by atoms with Gasteiger partial charge in [0.15, 0.2) is 0 Å². The number of nitrogens with one attached hydrogen (secondary N) is 1. The Morgan fingerprint density at radius 2 is 1.74 bits per heavy atom. The fraction of sp³-hybridized carbons (Fsp3) is 0.250. The number of rotatable bonds is 7. The molecule has 2 aromatic rings. The van der Waals surface area contributed by atoms with Crippen molar-refractivity contribution in [1.29, 1.82) is 0 Å². The van der Waals surface area contributed by atoms with Gasteiger partial charge in [-0.1, -0.05) is 29.8 Å². The van der Waals surface area contributed by atoms with Gasteiger partial charge in [-0.15, -0.1) is 0 Å². The monoisotopic (exact) mass is 359 g/mol. The molecule has 1 N–H and O–H groups in total. The van der Waals surface area contributed by atoms with Gasteiger partial charge < -0.3 is 0 Å². The topological polar surface area (TPSA) is 46.2 Å². The van der Waals surface area contributed by atoms with E-state index in [1.165, 1.54) is 30.3 Å². The molecule has 0 aliphatic rings. The molecule has 0 aliphatic carbocycles. The number of hydrogen-bond acceptors (Lipinski definition) is 2. The van der Waals surface area contributed by atoms with Gasteiger partial charge in [-0.2, -0.15) is 0 Å². The molecule has 3 nitrogen and oxygen atoms in total. The largest absolute Gasteiger partial charge is 0.215 e. The first-order valence-electron chi connectivity index (χ1n) is 7.02. The van der Waals surface area contributed by atoms with E-state index >= 15 is 0 Å². The van der Waals surface area contributed by atoms with Crippen molar-refractivity contribution in [3.05, 3.63) is 70.2 Å². The zero-order valence-corrected chi connectivity index (χ0v) is 13.8. The summed E-state index contributed by atoms with van der Waals surface area (Å²) in [5.41, 5.74) is 0.878. The highest BCUT2D eigenvalue weighted by Crippen LogP contribution is 2.21. The minimum atomic E-state index is -3.68. The predicted octanol–water partition coefficient (Wildman–Crippen LogP) is 3.67. The van der Waals surface area contributed by atoms with E-state index in [-0.39, 0.29) is 22.9 Å². The summed E-state index contributed by atoms with van der Waals surface area (Å²) < 4.78 is 52.8. The van der Waals surface area contributed by atoms with Gasteiger partial charge in [0.05, 0.1) is 5.75 Å². The Bertz CT molecular complexity index is 744. The van der Waals surface area contributed by atoms with Crippen molar-refractivity contribution in [2.24, 2.45) is 0 Å². The Labute approximate surface area is 139 Å². The van der Waals surface area contributed by atoms with E-state index in [1.54, 1.807) is 12.1 Å². The van der Waals surface area contributed by atoms with E-state index in [9.17, 15) is 17.2 Å². The van der Waals surface area contributed by atoms with Crippen LogP contribution in [0.2, 0.25) is 5.02 Å². The van der Waals surface area contributed by atoms with E-state index in [4.69, 9.17) is 11.6 Å². The average Bonchev–Trinajstić information content (AvgIpc) is 2.49. The number of halogens is 3. The number of aryl methyl sites for hydroxylation is 1. The molecule has 0 spiro atoms. The third-order valence-electron chi connectivity index (χ3n) is 3.27. The van der Waals surface area contributed by atoms with E-state index < -0.39 is 21.6 Å². The summed E-state index contributed by atoms with van der Waals surface area (Å²) in [6.45, 7) is 0.214. The Balaban J connectivity index is 1.86. The minimum Gasteiger partial charge on any atom is -0.215 e. The predicted molar refractivity (Wildman–Crippen MR) is 86.8 cm³/mol. The van der Waals surface area contributed by atoms with Crippen LogP contribution in [0.3, 0.4) is 0 Å². The molecule has 0 saturated heterocycles. The fourth-order valence-electron chi connectivity index (χ4n) is 2.08. The second kappa shape index (κ2) is 7.86. The van der Waals surface area contributed by atoms with Crippen LogP contribution >= 0.6 is 11.6 Å². The molecular weight excluding hydrogens is 344 g/mol. The van der Waals surface area contributed by atoms with Crippen molar-refractivity contribution >= 4 is 21.6 Å². The van der Waals surface area contributed by atoms with Crippen LogP contribution in [-0.2, 0) is 22.2 Å². The third-order valence-corrected chi connectivity index (χ3v) is 4.94. The standard InChI is InChI=1S/C16H16ClF2NO2S/c17-15-4-1-5-16(19)14(15)11-23(21,22)20-10-2-3-12-6-8-13(18)9-7-12/h1,4-9,20H,2-3,10-11H2. The molecule has 0 unspecified atom stereocenters. The quantitative estimate of drug-likeness (QED) is 0.767.